The van der Waals surface area contributed by atoms with E-state index in [4.69, 9.17) is 4.74 Å². The van der Waals surface area contributed by atoms with Crippen molar-refractivity contribution in [3.63, 3.8) is 0 Å². The maximum Gasteiger partial charge on any atom is 0.331 e. The van der Waals surface area contributed by atoms with Gasteiger partial charge in [-0.15, -0.1) is 0 Å². The molecule has 0 heterocycles. The van der Waals surface area contributed by atoms with Crippen LogP contribution in [0.5, 0.6) is 0 Å². The standard InChI is InChI=1S/C20H25FN2O4/c1-5-6-7-8-19(26)27-14-18(25)23(20(2,3)4)13-17(24)22-16-11-9-15(21)10-12-16/h5-12H,13-14H2,1-4H3,(H,22,24)/b6-5+,8-7+. The number of amides is 2. The first kappa shape index (κ1) is 22.1. The van der Waals surface area contributed by atoms with E-state index in [0.717, 1.165) is 0 Å². The molecule has 0 aliphatic rings. The average Bonchev–Trinajstić information content (AvgIpc) is 2.59. The smallest absolute Gasteiger partial charge is 0.331 e. The number of nitrogens with one attached hydrogen (secondary N) is 1. The second-order valence-electron chi connectivity index (χ2n) is 6.70. The molecular formula is C20H25FN2O4. The number of nitrogens with zero attached hydrogens (tertiary/aromatic N) is 1. The highest BCUT2D eigenvalue weighted by atomic mass is 19.1. The molecule has 0 saturated heterocycles. The summed E-state index contributed by atoms with van der Waals surface area (Å²) in [4.78, 5) is 37.6. The second kappa shape index (κ2) is 10.3. The van der Waals surface area contributed by atoms with Gasteiger partial charge < -0.3 is 15.0 Å². The Kier molecular flexibility index (Phi) is 8.38. The number of benzene rings is 1. The highest BCUT2D eigenvalue weighted by Crippen LogP contribution is 2.15. The number of hydrogen-bond donors (Lipinski definition) is 1. The fourth-order valence-electron chi connectivity index (χ4n) is 2.08. The van der Waals surface area contributed by atoms with Crippen LogP contribution in [0.25, 0.3) is 0 Å². The molecule has 0 spiro atoms. The van der Waals surface area contributed by atoms with Gasteiger partial charge in [0.05, 0.1) is 0 Å². The maximum absolute atomic E-state index is 12.9. The van der Waals surface area contributed by atoms with Crippen LogP contribution in [-0.2, 0) is 19.1 Å². The predicted molar refractivity (Wildman–Crippen MR) is 101 cm³/mol. The fourth-order valence-corrected chi connectivity index (χ4v) is 2.08. The zero-order chi connectivity index (χ0) is 20.4. The van der Waals surface area contributed by atoms with Crippen molar-refractivity contribution in [2.24, 2.45) is 0 Å². The van der Waals surface area contributed by atoms with E-state index in [9.17, 15) is 18.8 Å². The average molecular weight is 376 g/mol. The molecule has 27 heavy (non-hydrogen) atoms. The van der Waals surface area contributed by atoms with E-state index >= 15 is 0 Å². The first-order valence-corrected chi connectivity index (χ1v) is 8.45. The largest absolute Gasteiger partial charge is 0.452 e. The molecular weight excluding hydrogens is 351 g/mol. The summed E-state index contributed by atoms with van der Waals surface area (Å²) in [5, 5.41) is 2.60. The van der Waals surface area contributed by atoms with Crippen LogP contribution >= 0.6 is 0 Å². The highest BCUT2D eigenvalue weighted by molar-refractivity contribution is 5.95. The molecule has 1 aromatic carbocycles. The monoisotopic (exact) mass is 376 g/mol. The zero-order valence-corrected chi connectivity index (χ0v) is 16.0. The van der Waals surface area contributed by atoms with Gasteiger partial charge in [-0.3, -0.25) is 9.59 Å². The number of ether oxygens (including phenoxy) is 1. The molecule has 6 nitrogen and oxygen atoms in total. The van der Waals surface area contributed by atoms with Gasteiger partial charge in [-0.05, 0) is 52.0 Å². The number of rotatable bonds is 7. The molecule has 7 heteroatoms. The SMILES string of the molecule is C/C=C/C=C/C(=O)OCC(=O)N(CC(=O)Nc1ccc(F)cc1)C(C)(C)C. The Morgan fingerprint density at radius 1 is 1.15 bits per heavy atom. The number of carbonyl (C=O) groups is 3. The number of carbonyl (C=O) groups excluding carboxylic acids is 3. The first-order valence-electron chi connectivity index (χ1n) is 8.45. The topological polar surface area (TPSA) is 75.7 Å². The molecule has 0 unspecified atom stereocenters. The third kappa shape index (κ3) is 8.31. The lowest BCUT2D eigenvalue weighted by atomic mass is 10.1. The van der Waals surface area contributed by atoms with Gasteiger partial charge in [-0.1, -0.05) is 18.2 Å². The third-order valence-electron chi connectivity index (χ3n) is 3.41. The van der Waals surface area contributed by atoms with Crippen molar-refractivity contribution in [1.29, 1.82) is 0 Å². The van der Waals surface area contributed by atoms with Crippen LogP contribution in [0.3, 0.4) is 0 Å². The van der Waals surface area contributed by atoms with E-state index < -0.39 is 35.7 Å². The molecule has 2 amide bonds. The van der Waals surface area contributed by atoms with Gasteiger partial charge in [0, 0.05) is 17.3 Å². The molecule has 0 atom stereocenters. The summed E-state index contributed by atoms with van der Waals surface area (Å²) in [5.41, 5.74) is -0.243. The quantitative estimate of drug-likeness (QED) is 0.451. The molecule has 0 radical (unpaired) electrons. The lowest BCUT2D eigenvalue weighted by Crippen LogP contribution is -2.50. The van der Waals surface area contributed by atoms with Crippen molar-refractivity contribution in [3.05, 3.63) is 54.4 Å². The number of anilines is 1. The molecule has 0 aliphatic heterocycles. The van der Waals surface area contributed by atoms with Gasteiger partial charge in [-0.2, -0.15) is 0 Å². The predicted octanol–water partition coefficient (Wildman–Crippen LogP) is 3.07. The van der Waals surface area contributed by atoms with Crippen LogP contribution in [0.15, 0.2) is 48.6 Å². The van der Waals surface area contributed by atoms with E-state index in [0.29, 0.717) is 5.69 Å². The summed E-state index contributed by atoms with van der Waals surface area (Å²) in [6.07, 6.45) is 6.11. The summed E-state index contributed by atoms with van der Waals surface area (Å²) in [5.74, 6) is -2.00. The minimum atomic E-state index is -0.662. The van der Waals surface area contributed by atoms with Crippen LogP contribution in [0.4, 0.5) is 10.1 Å². The Morgan fingerprint density at radius 2 is 1.78 bits per heavy atom. The minimum Gasteiger partial charge on any atom is -0.452 e. The summed E-state index contributed by atoms with van der Waals surface area (Å²) < 4.78 is 17.8. The van der Waals surface area contributed by atoms with E-state index in [1.165, 1.54) is 41.3 Å². The molecule has 0 bridgehead atoms. The van der Waals surface area contributed by atoms with Crippen molar-refractivity contribution in [3.8, 4) is 0 Å². The van der Waals surface area contributed by atoms with E-state index in [1.807, 2.05) is 0 Å². The van der Waals surface area contributed by atoms with Crippen molar-refractivity contribution in [2.45, 2.75) is 33.2 Å². The molecule has 0 fully saturated rings. The Hall–Kier alpha value is -2.96. The summed E-state index contributed by atoms with van der Waals surface area (Å²) >= 11 is 0. The van der Waals surface area contributed by atoms with Gasteiger partial charge in [0.1, 0.15) is 12.4 Å². The minimum absolute atomic E-state index is 0.230. The van der Waals surface area contributed by atoms with Gasteiger partial charge in [0.15, 0.2) is 6.61 Å². The Bertz CT molecular complexity index is 718. The van der Waals surface area contributed by atoms with Gasteiger partial charge in [-0.25, -0.2) is 9.18 Å². The Morgan fingerprint density at radius 3 is 2.33 bits per heavy atom. The zero-order valence-electron chi connectivity index (χ0n) is 16.0. The van der Waals surface area contributed by atoms with Crippen LogP contribution < -0.4 is 5.32 Å². The van der Waals surface area contributed by atoms with E-state index in [2.05, 4.69) is 5.32 Å². The summed E-state index contributed by atoms with van der Waals surface area (Å²) in [7, 11) is 0. The van der Waals surface area contributed by atoms with Crippen LogP contribution in [0.1, 0.15) is 27.7 Å². The van der Waals surface area contributed by atoms with Crippen LogP contribution in [-0.4, -0.2) is 41.4 Å². The number of hydrogen-bond acceptors (Lipinski definition) is 4. The van der Waals surface area contributed by atoms with E-state index in [1.54, 1.807) is 39.8 Å². The molecule has 1 rings (SSSR count). The Labute approximate surface area is 158 Å². The lowest BCUT2D eigenvalue weighted by Gasteiger charge is -2.35. The van der Waals surface area contributed by atoms with E-state index in [-0.39, 0.29) is 6.54 Å². The number of esters is 1. The van der Waals surface area contributed by atoms with Crippen molar-refractivity contribution >= 4 is 23.5 Å². The number of halogens is 1. The summed E-state index contributed by atoms with van der Waals surface area (Å²) in [6, 6.07) is 5.30. The van der Waals surface area contributed by atoms with Crippen LogP contribution in [0, 0.1) is 5.82 Å². The number of allylic oxidation sites excluding steroid dienone is 3. The van der Waals surface area contributed by atoms with Crippen molar-refractivity contribution < 1.29 is 23.5 Å². The van der Waals surface area contributed by atoms with Gasteiger partial charge in [0.25, 0.3) is 5.91 Å². The molecule has 1 aromatic rings. The normalized spacial score (nSPS) is 11.6. The van der Waals surface area contributed by atoms with Gasteiger partial charge in [0.2, 0.25) is 5.91 Å². The lowest BCUT2D eigenvalue weighted by molar-refractivity contribution is -0.151. The summed E-state index contributed by atoms with van der Waals surface area (Å²) in [6.45, 7) is 6.40. The molecule has 0 aromatic heterocycles. The van der Waals surface area contributed by atoms with Crippen molar-refractivity contribution in [1.82, 2.24) is 4.90 Å². The molecule has 146 valence electrons. The van der Waals surface area contributed by atoms with Crippen molar-refractivity contribution in [2.75, 3.05) is 18.5 Å². The van der Waals surface area contributed by atoms with Crippen LogP contribution in [0.2, 0.25) is 0 Å². The molecule has 0 saturated carbocycles. The molecule has 1 N–H and O–H groups in total. The van der Waals surface area contributed by atoms with Gasteiger partial charge >= 0.3 is 5.97 Å². The highest BCUT2D eigenvalue weighted by Gasteiger charge is 2.29. The second-order valence-corrected chi connectivity index (χ2v) is 6.70. The fraction of sp³-hybridized carbons (Fsp3) is 0.350. The Balaban J connectivity index is 2.69. The molecule has 0 aliphatic carbocycles. The third-order valence-corrected chi connectivity index (χ3v) is 3.41. The first-order chi connectivity index (χ1) is 12.6. The maximum atomic E-state index is 12.9.